The number of amides is 1. The molecule has 0 aliphatic heterocycles. The summed E-state index contributed by atoms with van der Waals surface area (Å²) in [5.41, 5.74) is 12.5. The Hall–Kier alpha value is -2.43. The topological polar surface area (TPSA) is 94.9 Å². The first-order valence-electron chi connectivity index (χ1n) is 4.65. The van der Waals surface area contributed by atoms with Gasteiger partial charge in [-0.25, -0.2) is 4.98 Å². The molecule has 0 atom stereocenters. The molecule has 16 heavy (non-hydrogen) atoms. The van der Waals surface area contributed by atoms with Gasteiger partial charge in [0.25, 0.3) is 5.91 Å². The van der Waals surface area contributed by atoms with E-state index in [-0.39, 0.29) is 11.4 Å². The van der Waals surface area contributed by atoms with Crippen molar-refractivity contribution >= 4 is 11.7 Å². The highest BCUT2D eigenvalue weighted by atomic mass is 16.1. The van der Waals surface area contributed by atoms with Gasteiger partial charge in [-0.05, 0) is 24.3 Å². The molecule has 4 N–H and O–H groups in total. The summed E-state index contributed by atoms with van der Waals surface area (Å²) in [4.78, 5) is 19.0. The summed E-state index contributed by atoms with van der Waals surface area (Å²) >= 11 is 0. The zero-order valence-corrected chi connectivity index (χ0v) is 8.42. The lowest BCUT2D eigenvalue weighted by Gasteiger charge is -2.04. The van der Waals surface area contributed by atoms with Crippen LogP contribution in [0.25, 0.3) is 11.3 Å². The molecule has 2 aromatic heterocycles. The van der Waals surface area contributed by atoms with E-state index in [1.54, 1.807) is 30.6 Å². The van der Waals surface area contributed by atoms with Gasteiger partial charge >= 0.3 is 0 Å². The van der Waals surface area contributed by atoms with Gasteiger partial charge in [0.1, 0.15) is 5.82 Å². The minimum atomic E-state index is -0.581. The third-order valence-corrected chi connectivity index (χ3v) is 2.15. The van der Waals surface area contributed by atoms with Gasteiger partial charge in [0.05, 0.1) is 11.3 Å². The van der Waals surface area contributed by atoms with Crippen LogP contribution in [0.4, 0.5) is 5.82 Å². The Bertz CT molecular complexity index is 525. The van der Waals surface area contributed by atoms with Crippen molar-refractivity contribution in [3.63, 3.8) is 0 Å². The lowest BCUT2D eigenvalue weighted by atomic mass is 10.1. The van der Waals surface area contributed by atoms with Crippen LogP contribution in [0.1, 0.15) is 10.4 Å². The molecule has 5 nitrogen and oxygen atoms in total. The second kappa shape index (κ2) is 3.98. The van der Waals surface area contributed by atoms with E-state index in [2.05, 4.69) is 9.97 Å². The zero-order valence-electron chi connectivity index (χ0n) is 8.42. The molecule has 0 aromatic carbocycles. The van der Waals surface area contributed by atoms with Crippen molar-refractivity contribution in [2.24, 2.45) is 5.73 Å². The quantitative estimate of drug-likeness (QED) is 0.773. The van der Waals surface area contributed by atoms with E-state index in [0.29, 0.717) is 5.69 Å². The van der Waals surface area contributed by atoms with Gasteiger partial charge < -0.3 is 11.5 Å². The molecule has 0 unspecified atom stereocenters. The van der Waals surface area contributed by atoms with Crippen LogP contribution in [0, 0.1) is 0 Å². The maximum atomic E-state index is 11.0. The summed E-state index contributed by atoms with van der Waals surface area (Å²) in [7, 11) is 0. The van der Waals surface area contributed by atoms with Crippen LogP contribution in [0.5, 0.6) is 0 Å². The molecule has 0 fully saturated rings. The smallest absolute Gasteiger partial charge is 0.252 e. The first kappa shape index (κ1) is 10.1. The van der Waals surface area contributed by atoms with Crippen molar-refractivity contribution in [1.29, 1.82) is 0 Å². The predicted octanol–water partition coefficient (Wildman–Crippen LogP) is 0.825. The third kappa shape index (κ3) is 1.83. The number of anilines is 1. The maximum absolute atomic E-state index is 11.0. The molecular formula is C11H10N4O. The number of nitrogens with two attached hydrogens (primary N) is 2. The predicted molar refractivity (Wildman–Crippen MR) is 60.4 cm³/mol. The van der Waals surface area contributed by atoms with E-state index in [9.17, 15) is 4.79 Å². The number of hydrogen-bond acceptors (Lipinski definition) is 4. The fourth-order valence-corrected chi connectivity index (χ4v) is 1.36. The molecule has 80 valence electrons. The van der Waals surface area contributed by atoms with Crippen molar-refractivity contribution in [2.45, 2.75) is 0 Å². The molecule has 0 bridgehead atoms. The number of rotatable bonds is 2. The number of pyridine rings is 2. The number of aromatic nitrogens is 2. The summed E-state index contributed by atoms with van der Waals surface area (Å²) in [5.74, 6) is -0.448. The number of nitrogens with zero attached hydrogens (tertiary/aromatic N) is 2. The summed E-state index contributed by atoms with van der Waals surface area (Å²) in [5, 5.41) is 0. The normalized spacial score (nSPS) is 10.0. The molecule has 0 saturated carbocycles. The Labute approximate surface area is 92.1 Å². The van der Waals surface area contributed by atoms with Gasteiger partial charge in [0, 0.05) is 18.0 Å². The van der Waals surface area contributed by atoms with Gasteiger partial charge in [-0.3, -0.25) is 9.78 Å². The molecule has 2 heterocycles. The van der Waals surface area contributed by atoms with E-state index in [1.807, 2.05) is 6.07 Å². The highest BCUT2D eigenvalue weighted by molar-refractivity contribution is 5.97. The van der Waals surface area contributed by atoms with Crippen molar-refractivity contribution in [3.05, 3.63) is 42.2 Å². The van der Waals surface area contributed by atoms with Gasteiger partial charge in [0.15, 0.2) is 0 Å². The second-order valence-electron chi connectivity index (χ2n) is 3.24. The average Bonchev–Trinajstić information content (AvgIpc) is 2.29. The monoisotopic (exact) mass is 214 g/mol. The van der Waals surface area contributed by atoms with Gasteiger partial charge in [0.2, 0.25) is 0 Å². The molecule has 0 saturated heterocycles. The maximum Gasteiger partial charge on any atom is 0.252 e. The molecule has 0 aliphatic carbocycles. The Morgan fingerprint density at radius 1 is 1.25 bits per heavy atom. The van der Waals surface area contributed by atoms with Crippen LogP contribution in [0.15, 0.2) is 36.7 Å². The van der Waals surface area contributed by atoms with Crippen molar-refractivity contribution < 1.29 is 4.79 Å². The van der Waals surface area contributed by atoms with Crippen LogP contribution in [0.3, 0.4) is 0 Å². The van der Waals surface area contributed by atoms with E-state index in [0.717, 1.165) is 5.56 Å². The largest absolute Gasteiger partial charge is 0.383 e. The summed E-state index contributed by atoms with van der Waals surface area (Å²) in [6, 6.07) is 6.91. The van der Waals surface area contributed by atoms with E-state index in [4.69, 9.17) is 11.5 Å². The Kier molecular flexibility index (Phi) is 2.51. The fraction of sp³-hybridized carbons (Fsp3) is 0. The number of carbonyl (C=O) groups excluding carboxylic acids is 1. The van der Waals surface area contributed by atoms with Crippen LogP contribution in [-0.4, -0.2) is 15.9 Å². The molecule has 2 rings (SSSR count). The Morgan fingerprint density at radius 2 is 2.06 bits per heavy atom. The van der Waals surface area contributed by atoms with Crippen LogP contribution in [0.2, 0.25) is 0 Å². The van der Waals surface area contributed by atoms with E-state index in [1.165, 1.54) is 0 Å². The molecule has 0 aliphatic rings. The van der Waals surface area contributed by atoms with Crippen LogP contribution >= 0.6 is 0 Å². The molecular weight excluding hydrogens is 204 g/mol. The summed E-state index contributed by atoms with van der Waals surface area (Å²) in [6.07, 6.45) is 3.34. The lowest BCUT2D eigenvalue weighted by molar-refractivity contribution is 0.100. The third-order valence-electron chi connectivity index (χ3n) is 2.15. The van der Waals surface area contributed by atoms with Crippen LogP contribution in [-0.2, 0) is 0 Å². The van der Waals surface area contributed by atoms with Gasteiger partial charge in [-0.2, -0.15) is 0 Å². The average molecular weight is 214 g/mol. The first-order chi connectivity index (χ1) is 7.68. The first-order valence-corrected chi connectivity index (χ1v) is 4.65. The number of carbonyl (C=O) groups is 1. The minimum Gasteiger partial charge on any atom is -0.383 e. The zero-order chi connectivity index (χ0) is 11.5. The van der Waals surface area contributed by atoms with Crippen molar-refractivity contribution in [3.8, 4) is 11.3 Å². The highest BCUT2D eigenvalue weighted by Crippen LogP contribution is 2.18. The molecule has 1 amide bonds. The number of primary amides is 1. The second-order valence-corrected chi connectivity index (χ2v) is 3.24. The van der Waals surface area contributed by atoms with Crippen molar-refractivity contribution in [2.75, 3.05) is 5.73 Å². The Balaban J connectivity index is 2.46. The van der Waals surface area contributed by atoms with Crippen LogP contribution < -0.4 is 11.5 Å². The highest BCUT2D eigenvalue weighted by Gasteiger charge is 2.08. The summed E-state index contributed by atoms with van der Waals surface area (Å²) < 4.78 is 0. The number of hydrogen-bond donors (Lipinski definition) is 2. The van der Waals surface area contributed by atoms with E-state index >= 15 is 0 Å². The van der Waals surface area contributed by atoms with Crippen molar-refractivity contribution in [1.82, 2.24) is 9.97 Å². The summed E-state index contributed by atoms with van der Waals surface area (Å²) in [6.45, 7) is 0. The lowest BCUT2D eigenvalue weighted by Crippen LogP contribution is -2.14. The molecule has 0 radical (unpaired) electrons. The van der Waals surface area contributed by atoms with E-state index < -0.39 is 5.91 Å². The SMILES string of the molecule is NC(=O)c1ccc(-c2cccnc2)nc1N. The fourth-order valence-electron chi connectivity index (χ4n) is 1.36. The van der Waals surface area contributed by atoms with Gasteiger partial charge in [-0.15, -0.1) is 0 Å². The molecule has 2 aromatic rings. The molecule has 5 heteroatoms. The molecule has 0 spiro atoms. The number of nitrogen functional groups attached to an aromatic ring is 1. The Morgan fingerprint density at radius 3 is 2.62 bits per heavy atom. The van der Waals surface area contributed by atoms with Gasteiger partial charge in [-0.1, -0.05) is 0 Å². The standard InChI is InChI=1S/C11H10N4O/c12-10-8(11(13)16)3-4-9(15-10)7-2-1-5-14-6-7/h1-6H,(H2,12,15)(H2,13,16). The minimum absolute atomic E-state index is 0.133.